The molecule has 0 bridgehead atoms. The standard InChI is InChI=1S/C12H11FN2/c1-14-12-8-4-7-11(15-12)9-5-2-3-6-10(9)13/h2-8H,1H3,(H,14,15). The summed E-state index contributed by atoms with van der Waals surface area (Å²) >= 11 is 0. The van der Waals surface area contributed by atoms with Crippen molar-refractivity contribution in [3.05, 3.63) is 48.3 Å². The molecule has 2 aromatic rings. The van der Waals surface area contributed by atoms with E-state index < -0.39 is 0 Å². The van der Waals surface area contributed by atoms with Crippen molar-refractivity contribution in [1.29, 1.82) is 0 Å². The minimum absolute atomic E-state index is 0.252. The van der Waals surface area contributed by atoms with E-state index in [1.54, 1.807) is 31.3 Å². The molecule has 15 heavy (non-hydrogen) atoms. The van der Waals surface area contributed by atoms with Gasteiger partial charge in [0.25, 0.3) is 0 Å². The summed E-state index contributed by atoms with van der Waals surface area (Å²) in [5.74, 6) is 0.481. The highest BCUT2D eigenvalue weighted by Gasteiger charge is 2.04. The molecule has 0 spiro atoms. The Morgan fingerprint density at radius 3 is 2.60 bits per heavy atom. The fourth-order valence-corrected chi connectivity index (χ4v) is 1.39. The zero-order chi connectivity index (χ0) is 10.7. The highest BCUT2D eigenvalue weighted by Crippen LogP contribution is 2.21. The Bertz CT molecular complexity index is 469. The van der Waals surface area contributed by atoms with Crippen LogP contribution in [0.25, 0.3) is 11.3 Å². The highest BCUT2D eigenvalue weighted by atomic mass is 19.1. The maximum Gasteiger partial charge on any atom is 0.132 e. The van der Waals surface area contributed by atoms with Gasteiger partial charge in [-0.05, 0) is 24.3 Å². The summed E-state index contributed by atoms with van der Waals surface area (Å²) in [6, 6.07) is 12.1. The third-order valence-electron chi connectivity index (χ3n) is 2.16. The van der Waals surface area contributed by atoms with Gasteiger partial charge in [-0.15, -0.1) is 0 Å². The number of hydrogen-bond acceptors (Lipinski definition) is 2. The first-order chi connectivity index (χ1) is 7.31. The third kappa shape index (κ3) is 1.96. The van der Waals surface area contributed by atoms with Crippen LogP contribution >= 0.6 is 0 Å². The third-order valence-corrected chi connectivity index (χ3v) is 2.16. The molecule has 0 amide bonds. The summed E-state index contributed by atoms with van der Waals surface area (Å²) in [6.07, 6.45) is 0. The summed E-state index contributed by atoms with van der Waals surface area (Å²) in [7, 11) is 1.79. The number of benzene rings is 1. The van der Waals surface area contributed by atoms with Crippen LogP contribution in [0.2, 0.25) is 0 Å². The maximum absolute atomic E-state index is 13.5. The van der Waals surface area contributed by atoms with Crippen molar-refractivity contribution in [2.45, 2.75) is 0 Å². The molecule has 0 unspecified atom stereocenters. The number of pyridine rings is 1. The number of halogens is 1. The molecule has 1 aromatic carbocycles. The van der Waals surface area contributed by atoms with E-state index in [1.165, 1.54) is 6.07 Å². The van der Waals surface area contributed by atoms with E-state index in [9.17, 15) is 4.39 Å². The average molecular weight is 202 g/mol. The Morgan fingerprint density at radius 1 is 1.07 bits per heavy atom. The molecule has 0 aliphatic heterocycles. The Kier molecular flexibility index (Phi) is 2.63. The van der Waals surface area contributed by atoms with Crippen LogP contribution in [-0.4, -0.2) is 12.0 Å². The number of nitrogens with one attached hydrogen (secondary N) is 1. The molecule has 1 aromatic heterocycles. The van der Waals surface area contributed by atoms with Gasteiger partial charge in [0.2, 0.25) is 0 Å². The molecule has 0 radical (unpaired) electrons. The van der Waals surface area contributed by atoms with Gasteiger partial charge in [-0.2, -0.15) is 0 Å². The van der Waals surface area contributed by atoms with E-state index in [0.29, 0.717) is 11.3 Å². The Morgan fingerprint density at radius 2 is 1.87 bits per heavy atom. The summed E-state index contributed by atoms with van der Waals surface area (Å²) in [4.78, 5) is 4.27. The van der Waals surface area contributed by atoms with Crippen LogP contribution in [0.3, 0.4) is 0 Å². The lowest BCUT2D eigenvalue weighted by Crippen LogP contribution is -1.94. The predicted molar refractivity (Wildman–Crippen MR) is 59.2 cm³/mol. The molecule has 3 heteroatoms. The van der Waals surface area contributed by atoms with E-state index in [-0.39, 0.29) is 5.82 Å². The van der Waals surface area contributed by atoms with Crippen molar-refractivity contribution in [1.82, 2.24) is 4.98 Å². The quantitative estimate of drug-likeness (QED) is 0.809. The van der Waals surface area contributed by atoms with Crippen molar-refractivity contribution in [2.75, 3.05) is 12.4 Å². The molecule has 2 rings (SSSR count). The molecule has 0 atom stereocenters. The zero-order valence-corrected chi connectivity index (χ0v) is 8.37. The summed E-state index contributed by atoms with van der Waals surface area (Å²) in [5, 5.41) is 2.92. The van der Waals surface area contributed by atoms with Gasteiger partial charge in [0, 0.05) is 12.6 Å². The van der Waals surface area contributed by atoms with Crippen molar-refractivity contribution < 1.29 is 4.39 Å². The molecule has 0 aliphatic carbocycles. The average Bonchev–Trinajstić information content (AvgIpc) is 2.30. The lowest BCUT2D eigenvalue weighted by atomic mass is 10.1. The number of aromatic nitrogens is 1. The summed E-state index contributed by atoms with van der Waals surface area (Å²) < 4.78 is 13.5. The van der Waals surface area contributed by atoms with Crippen molar-refractivity contribution in [3.8, 4) is 11.3 Å². The molecule has 0 fully saturated rings. The van der Waals surface area contributed by atoms with Crippen LogP contribution in [0.15, 0.2) is 42.5 Å². The molecular formula is C12H11FN2. The summed E-state index contributed by atoms with van der Waals surface area (Å²) in [6.45, 7) is 0. The van der Waals surface area contributed by atoms with Gasteiger partial charge in [-0.1, -0.05) is 18.2 Å². The lowest BCUT2D eigenvalue weighted by Gasteiger charge is -2.04. The Balaban J connectivity index is 2.49. The van der Waals surface area contributed by atoms with E-state index in [1.807, 2.05) is 12.1 Å². The normalized spacial score (nSPS) is 10.0. The fraction of sp³-hybridized carbons (Fsp3) is 0.0833. The van der Waals surface area contributed by atoms with Crippen LogP contribution in [0.5, 0.6) is 0 Å². The molecule has 2 nitrogen and oxygen atoms in total. The van der Waals surface area contributed by atoms with E-state index in [0.717, 1.165) is 5.82 Å². The van der Waals surface area contributed by atoms with E-state index in [2.05, 4.69) is 10.3 Å². The second-order valence-corrected chi connectivity index (χ2v) is 3.14. The molecule has 0 saturated carbocycles. The molecule has 1 N–H and O–H groups in total. The second kappa shape index (κ2) is 4.09. The fourth-order valence-electron chi connectivity index (χ4n) is 1.39. The van der Waals surface area contributed by atoms with Crippen molar-refractivity contribution >= 4 is 5.82 Å². The van der Waals surface area contributed by atoms with Crippen LogP contribution in [0.1, 0.15) is 0 Å². The topological polar surface area (TPSA) is 24.9 Å². The Labute approximate surface area is 87.8 Å². The first-order valence-electron chi connectivity index (χ1n) is 4.71. The molecule has 76 valence electrons. The van der Waals surface area contributed by atoms with Crippen molar-refractivity contribution in [3.63, 3.8) is 0 Å². The summed E-state index contributed by atoms with van der Waals surface area (Å²) in [5.41, 5.74) is 1.16. The van der Waals surface area contributed by atoms with E-state index in [4.69, 9.17) is 0 Å². The zero-order valence-electron chi connectivity index (χ0n) is 8.37. The largest absolute Gasteiger partial charge is 0.373 e. The minimum Gasteiger partial charge on any atom is -0.373 e. The van der Waals surface area contributed by atoms with Crippen LogP contribution in [0, 0.1) is 5.82 Å². The van der Waals surface area contributed by atoms with Gasteiger partial charge in [0.15, 0.2) is 0 Å². The van der Waals surface area contributed by atoms with Gasteiger partial charge >= 0.3 is 0 Å². The van der Waals surface area contributed by atoms with Gasteiger partial charge in [0.05, 0.1) is 5.69 Å². The first-order valence-corrected chi connectivity index (χ1v) is 4.71. The predicted octanol–water partition coefficient (Wildman–Crippen LogP) is 2.93. The Hall–Kier alpha value is -1.90. The van der Waals surface area contributed by atoms with Gasteiger partial charge in [-0.3, -0.25) is 0 Å². The second-order valence-electron chi connectivity index (χ2n) is 3.14. The number of rotatable bonds is 2. The minimum atomic E-state index is -0.252. The highest BCUT2D eigenvalue weighted by molar-refractivity contribution is 5.61. The van der Waals surface area contributed by atoms with Gasteiger partial charge < -0.3 is 5.32 Å². The van der Waals surface area contributed by atoms with Crippen LogP contribution in [0.4, 0.5) is 10.2 Å². The first kappa shape index (κ1) is 9.65. The smallest absolute Gasteiger partial charge is 0.132 e. The molecule has 1 heterocycles. The van der Waals surface area contributed by atoms with Crippen LogP contribution < -0.4 is 5.32 Å². The molecule has 0 aliphatic rings. The van der Waals surface area contributed by atoms with Gasteiger partial charge in [-0.25, -0.2) is 9.37 Å². The van der Waals surface area contributed by atoms with E-state index >= 15 is 0 Å². The monoisotopic (exact) mass is 202 g/mol. The number of nitrogens with zero attached hydrogens (tertiary/aromatic N) is 1. The van der Waals surface area contributed by atoms with Crippen LogP contribution in [-0.2, 0) is 0 Å². The van der Waals surface area contributed by atoms with Gasteiger partial charge in [0.1, 0.15) is 11.6 Å². The molecular weight excluding hydrogens is 191 g/mol. The maximum atomic E-state index is 13.5. The number of anilines is 1. The van der Waals surface area contributed by atoms with Crippen molar-refractivity contribution in [2.24, 2.45) is 0 Å². The number of hydrogen-bond donors (Lipinski definition) is 1. The SMILES string of the molecule is CNc1cccc(-c2ccccc2F)n1. The molecule has 0 saturated heterocycles. The lowest BCUT2D eigenvalue weighted by molar-refractivity contribution is 0.631.